The highest BCUT2D eigenvalue weighted by atomic mass is 32.2. The van der Waals surface area contributed by atoms with E-state index in [-0.39, 0.29) is 5.92 Å². The predicted molar refractivity (Wildman–Crippen MR) is 115 cm³/mol. The first-order chi connectivity index (χ1) is 13.7. The van der Waals surface area contributed by atoms with Gasteiger partial charge in [0.2, 0.25) is 5.91 Å². The van der Waals surface area contributed by atoms with Gasteiger partial charge < -0.3 is 5.73 Å². The molecular formula is C22H31N3O3S. The fourth-order valence-corrected chi connectivity index (χ4v) is 6.59. The minimum atomic E-state index is -3.37. The van der Waals surface area contributed by atoms with E-state index in [1.807, 2.05) is 12.1 Å². The summed E-state index contributed by atoms with van der Waals surface area (Å²) in [6.45, 7) is 0.869. The van der Waals surface area contributed by atoms with Crippen molar-refractivity contribution in [2.45, 2.75) is 50.9 Å². The number of likely N-dealkylation sites (N-methyl/N-ethyl adjacent to an activating group) is 2. The van der Waals surface area contributed by atoms with Gasteiger partial charge in [-0.25, -0.2) is 0 Å². The van der Waals surface area contributed by atoms with Gasteiger partial charge in [0, 0.05) is 38.7 Å². The number of carbonyl (C=O) groups excluding carboxylic acids is 1. The molecule has 1 aromatic rings. The number of rotatable bonds is 3. The largest absolute Gasteiger partial charge is 0.366 e. The third-order valence-electron chi connectivity index (χ3n) is 7.24. The molecule has 0 radical (unpaired) electrons. The lowest BCUT2D eigenvalue weighted by Crippen LogP contribution is -2.49. The Balaban J connectivity index is 1.65. The number of benzene rings is 1. The summed E-state index contributed by atoms with van der Waals surface area (Å²) in [6, 6.07) is 5.81. The zero-order valence-corrected chi connectivity index (χ0v) is 18.2. The van der Waals surface area contributed by atoms with Gasteiger partial charge >= 0.3 is 0 Å². The predicted octanol–water partition coefficient (Wildman–Crippen LogP) is 3.12. The molecule has 2 fully saturated rings. The number of nitrogens with zero attached hydrogens (tertiary/aromatic N) is 2. The molecule has 2 N–H and O–H groups in total. The van der Waals surface area contributed by atoms with Gasteiger partial charge in [0.05, 0.1) is 0 Å². The van der Waals surface area contributed by atoms with Crippen molar-refractivity contribution >= 4 is 21.7 Å². The minimum Gasteiger partial charge on any atom is -0.366 e. The normalized spacial score (nSPS) is 25.2. The average molecular weight is 418 g/mol. The molecule has 3 aliphatic rings. The Morgan fingerprint density at radius 2 is 1.76 bits per heavy atom. The molecule has 158 valence electrons. The van der Waals surface area contributed by atoms with Crippen LogP contribution in [-0.4, -0.2) is 50.1 Å². The fourth-order valence-electron chi connectivity index (χ4n) is 5.38. The van der Waals surface area contributed by atoms with Gasteiger partial charge in [0.15, 0.2) is 0 Å². The lowest BCUT2D eigenvalue weighted by Gasteiger charge is -2.36. The topological polar surface area (TPSA) is 83.7 Å². The van der Waals surface area contributed by atoms with E-state index >= 15 is 0 Å². The zero-order chi connectivity index (χ0) is 20.8. The second-order valence-corrected chi connectivity index (χ2v) is 11.2. The van der Waals surface area contributed by atoms with Crippen molar-refractivity contribution in [1.29, 1.82) is 0 Å². The van der Waals surface area contributed by atoms with Crippen molar-refractivity contribution in [1.82, 2.24) is 8.61 Å². The summed E-state index contributed by atoms with van der Waals surface area (Å²) in [6.07, 6.45) is 10.8. The Morgan fingerprint density at radius 3 is 2.31 bits per heavy atom. The van der Waals surface area contributed by atoms with Crippen molar-refractivity contribution < 1.29 is 13.2 Å². The smallest absolute Gasteiger partial charge is 0.281 e. The van der Waals surface area contributed by atoms with Crippen LogP contribution in [0, 0.1) is 5.41 Å². The average Bonchev–Trinajstić information content (AvgIpc) is 3.14. The maximum absolute atomic E-state index is 12.3. The summed E-state index contributed by atoms with van der Waals surface area (Å²) in [5, 5.41) is 0. The number of hydrogen-bond acceptors (Lipinski definition) is 3. The Kier molecular flexibility index (Phi) is 5.34. The Hall–Kier alpha value is -1.70. The third-order valence-corrected chi connectivity index (χ3v) is 9.11. The molecule has 1 aromatic carbocycles. The molecule has 0 unspecified atom stereocenters. The SMILES string of the molecule is CN1CC(c2ccc(C(N)=O)c(C3=CCC4(CCCC4)CC3)c2)CN(C)S1(=O)=O. The van der Waals surface area contributed by atoms with Crippen molar-refractivity contribution in [2.24, 2.45) is 11.1 Å². The van der Waals surface area contributed by atoms with Crippen molar-refractivity contribution in [2.75, 3.05) is 27.2 Å². The van der Waals surface area contributed by atoms with Crippen LogP contribution in [-0.2, 0) is 10.2 Å². The Labute approximate surface area is 173 Å². The molecule has 1 amide bonds. The van der Waals surface area contributed by atoms with Crippen LogP contribution >= 0.6 is 0 Å². The van der Waals surface area contributed by atoms with E-state index < -0.39 is 16.1 Å². The quantitative estimate of drug-likeness (QED) is 0.820. The van der Waals surface area contributed by atoms with E-state index in [1.165, 1.54) is 46.3 Å². The zero-order valence-electron chi connectivity index (χ0n) is 17.4. The second kappa shape index (κ2) is 7.52. The van der Waals surface area contributed by atoms with Crippen LogP contribution in [0.4, 0.5) is 0 Å². The van der Waals surface area contributed by atoms with Gasteiger partial charge in [-0.3, -0.25) is 4.79 Å². The summed E-state index contributed by atoms with van der Waals surface area (Å²) in [4.78, 5) is 12.1. The summed E-state index contributed by atoms with van der Waals surface area (Å²) < 4.78 is 27.3. The lowest BCUT2D eigenvalue weighted by molar-refractivity contribution is 0.1000. The number of primary amides is 1. The number of hydrogen-bond donors (Lipinski definition) is 1. The molecule has 1 aliphatic heterocycles. The number of allylic oxidation sites excluding steroid dienone is 2. The second-order valence-electron chi connectivity index (χ2n) is 9.08. The van der Waals surface area contributed by atoms with Crippen molar-refractivity contribution in [3.05, 3.63) is 41.0 Å². The van der Waals surface area contributed by atoms with Crippen LogP contribution in [0.25, 0.3) is 5.57 Å². The first-order valence-electron chi connectivity index (χ1n) is 10.5. The molecule has 1 saturated carbocycles. The van der Waals surface area contributed by atoms with E-state index in [0.29, 0.717) is 24.1 Å². The van der Waals surface area contributed by atoms with Crippen LogP contribution < -0.4 is 5.73 Å². The summed E-state index contributed by atoms with van der Waals surface area (Å²) in [5.41, 5.74) is 9.91. The van der Waals surface area contributed by atoms with Crippen LogP contribution in [0.1, 0.15) is 72.3 Å². The molecule has 0 bridgehead atoms. The molecule has 0 atom stereocenters. The Morgan fingerprint density at radius 1 is 1.10 bits per heavy atom. The molecule has 1 saturated heterocycles. The van der Waals surface area contributed by atoms with Gasteiger partial charge in [-0.15, -0.1) is 0 Å². The van der Waals surface area contributed by atoms with Gasteiger partial charge in [-0.05, 0) is 60.3 Å². The van der Waals surface area contributed by atoms with E-state index in [0.717, 1.165) is 24.0 Å². The first-order valence-corrected chi connectivity index (χ1v) is 11.9. The lowest BCUT2D eigenvalue weighted by atomic mass is 9.72. The number of carbonyl (C=O) groups is 1. The molecule has 0 aromatic heterocycles. The van der Waals surface area contributed by atoms with E-state index in [9.17, 15) is 13.2 Å². The van der Waals surface area contributed by atoms with Crippen LogP contribution in [0.2, 0.25) is 0 Å². The van der Waals surface area contributed by atoms with E-state index in [2.05, 4.69) is 12.1 Å². The third kappa shape index (κ3) is 3.76. The molecule has 4 rings (SSSR count). The summed E-state index contributed by atoms with van der Waals surface area (Å²) in [7, 11) is -0.140. The number of amides is 1. The highest BCUT2D eigenvalue weighted by molar-refractivity contribution is 7.86. The van der Waals surface area contributed by atoms with E-state index in [4.69, 9.17) is 5.73 Å². The molecule has 1 spiro atoms. The van der Waals surface area contributed by atoms with Crippen LogP contribution in [0.3, 0.4) is 0 Å². The standard InChI is InChI=1S/C22H31N3O3S/c1-24-14-18(15-25(2)29(24,27)28)17-5-6-19(21(23)26)20(13-17)16-7-11-22(12-8-16)9-3-4-10-22/h5-7,13,18H,3-4,8-12,14-15H2,1-2H3,(H2,23,26). The molecule has 6 nitrogen and oxygen atoms in total. The molecule has 7 heteroatoms. The maximum Gasteiger partial charge on any atom is 0.281 e. The van der Waals surface area contributed by atoms with Crippen molar-refractivity contribution in [3.63, 3.8) is 0 Å². The maximum atomic E-state index is 12.3. The summed E-state index contributed by atoms with van der Waals surface area (Å²) in [5.74, 6) is -0.353. The summed E-state index contributed by atoms with van der Waals surface area (Å²) >= 11 is 0. The van der Waals surface area contributed by atoms with Gasteiger partial charge in [-0.1, -0.05) is 31.1 Å². The van der Waals surface area contributed by atoms with Crippen molar-refractivity contribution in [3.8, 4) is 0 Å². The van der Waals surface area contributed by atoms with Crippen LogP contribution in [0.15, 0.2) is 24.3 Å². The fraction of sp³-hybridized carbons (Fsp3) is 0.591. The van der Waals surface area contributed by atoms with Gasteiger partial charge in [0.25, 0.3) is 10.2 Å². The molecule has 29 heavy (non-hydrogen) atoms. The van der Waals surface area contributed by atoms with Gasteiger partial charge in [-0.2, -0.15) is 17.0 Å². The van der Waals surface area contributed by atoms with Crippen LogP contribution in [0.5, 0.6) is 0 Å². The highest BCUT2D eigenvalue weighted by Gasteiger charge is 2.36. The Bertz CT molecular complexity index is 930. The minimum absolute atomic E-state index is 0.0552. The highest BCUT2D eigenvalue weighted by Crippen LogP contribution is 2.50. The molecular weight excluding hydrogens is 386 g/mol. The first kappa shape index (κ1) is 20.6. The monoisotopic (exact) mass is 417 g/mol. The molecule has 1 heterocycles. The van der Waals surface area contributed by atoms with E-state index in [1.54, 1.807) is 14.1 Å². The molecule has 2 aliphatic carbocycles. The number of nitrogens with two attached hydrogens (primary N) is 1. The van der Waals surface area contributed by atoms with Gasteiger partial charge in [0.1, 0.15) is 0 Å².